The van der Waals surface area contributed by atoms with Gasteiger partial charge in [-0.3, -0.25) is 4.79 Å². The summed E-state index contributed by atoms with van der Waals surface area (Å²) in [5.74, 6) is 0.818. The Kier molecular flexibility index (Phi) is 10.7. The van der Waals surface area contributed by atoms with Gasteiger partial charge in [0, 0.05) is 6.42 Å². The Bertz CT molecular complexity index is 506. The van der Waals surface area contributed by atoms with Gasteiger partial charge in [-0.25, -0.2) is 0 Å². The van der Waals surface area contributed by atoms with E-state index in [1.54, 1.807) is 12.1 Å². The van der Waals surface area contributed by atoms with Crippen LogP contribution in [0.4, 0.5) is 0 Å². The van der Waals surface area contributed by atoms with Crippen LogP contribution in [0.2, 0.25) is 0 Å². The van der Waals surface area contributed by atoms with Crippen LogP contribution in [0.3, 0.4) is 0 Å². The number of carbonyl (C=O) groups is 1. The zero-order chi connectivity index (χ0) is 17.6. The van der Waals surface area contributed by atoms with Crippen LogP contribution in [0.25, 0.3) is 0 Å². The average Bonchev–Trinajstić information content (AvgIpc) is 2.59. The number of phenolic OH excluding ortho intramolecular Hbond substituents is 1. The maximum absolute atomic E-state index is 11.9. The Hall–Kier alpha value is -1.77. The lowest BCUT2D eigenvalue weighted by molar-refractivity contribution is -0.114. The first-order chi connectivity index (χ1) is 11.7. The fourth-order valence-electron chi connectivity index (χ4n) is 2.47. The first-order valence-electron chi connectivity index (χ1n) is 9.31. The van der Waals surface area contributed by atoms with Gasteiger partial charge in [-0.1, -0.05) is 51.7 Å². The van der Waals surface area contributed by atoms with Crippen LogP contribution in [-0.4, -0.2) is 17.5 Å². The van der Waals surface area contributed by atoms with Gasteiger partial charge in [0.2, 0.25) is 0 Å². The van der Waals surface area contributed by atoms with Crippen LogP contribution >= 0.6 is 0 Å². The number of aryl methyl sites for hydroxylation is 1. The second-order valence-electron chi connectivity index (χ2n) is 6.22. The number of ether oxygens (including phenoxy) is 1. The maximum atomic E-state index is 11.9. The van der Waals surface area contributed by atoms with Crippen LogP contribution in [0.15, 0.2) is 30.4 Å². The van der Waals surface area contributed by atoms with E-state index < -0.39 is 0 Å². The number of hydrogen-bond acceptors (Lipinski definition) is 3. The third-order valence-electron chi connectivity index (χ3n) is 3.92. The van der Waals surface area contributed by atoms with Crippen LogP contribution in [0.1, 0.15) is 70.8 Å². The molecule has 3 nitrogen and oxygen atoms in total. The molecule has 0 fully saturated rings. The molecular weight excluding hydrogens is 300 g/mol. The van der Waals surface area contributed by atoms with E-state index in [0.717, 1.165) is 18.4 Å². The standard InChI is InChI=1S/C21H32O3/c1-3-5-6-7-8-9-10-11-19(22)14-12-18-13-15-20(23)21(17-18)24-16-4-2/h10-11,13,15,17,23H,3-9,12,14,16H2,1-2H3. The lowest BCUT2D eigenvalue weighted by Crippen LogP contribution is -1.99. The van der Waals surface area contributed by atoms with Gasteiger partial charge in [0.1, 0.15) is 0 Å². The highest BCUT2D eigenvalue weighted by atomic mass is 16.5. The Morgan fingerprint density at radius 3 is 2.67 bits per heavy atom. The lowest BCUT2D eigenvalue weighted by Gasteiger charge is -2.08. The number of aromatic hydroxyl groups is 1. The molecule has 1 rings (SSSR count). The highest BCUT2D eigenvalue weighted by molar-refractivity contribution is 5.89. The summed E-state index contributed by atoms with van der Waals surface area (Å²) >= 11 is 0. The summed E-state index contributed by atoms with van der Waals surface area (Å²) in [6.07, 6.45) is 13.0. The van der Waals surface area contributed by atoms with Crippen molar-refractivity contribution in [3.8, 4) is 11.5 Å². The molecule has 0 aliphatic heterocycles. The molecule has 0 aromatic heterocycles. The SMILES string of the molecule is CCCCCCCC=CC(=O)CCc1ccc(O)c(OCCC)c1. The predicted molar refractivity (Wildman–Crippen MR) is 99.7 cm³/mol. The van der Waals surface area contributed by atoms with Gasteiger partial charge >= 0.3 is 0 Å². The van der Waals surface area contributed by atoms with Crippen LogP contribution in [0, 0.1) is 0 Å². The summed E-state index contributed by atoms with van der Waals surface area (Å²) in [7, 11) is 0. The number of hydrogen-bond donors (Lipinski definition) is 1. The van der Waals surface area contributed by atoms with Crippen molar-refractivity contribution in [2.24, 2.45) is 0 Å². The molecular formula is C21H32O3. The van der Waals surface area contributed by atoms with Gasteiger partial charge < -0.3 is 9.84 Å². The molecule has 24 heavy (non-hydrogen) atoms. The van der Waals surface area contributed by atoms with Crippen molar-refractivity contribution in [1.82, 2.24) is 0 Å². The summed E-state index contributed by atoms with van der Waals surface area (Å²) in [5.41, 5.74) is 1.01. The van der Waals surface area contributed by atoms with E-state index in [1.165, 1.54) is 32.1 Å². The highest BCUT2D eigenvalue weighted by Gasteiger charge is 2.05. The van der Waals surface area contributed by atoms with Crippen molar-refractivity contribution < 1.29 is 14.6 Å². The summed E-state index contributed by atoms with van der Waals surface area (Å²) in [6, 6.07) is 5.31. The van der Waals surface area contributed by atoms with Gasteiger partial charge in [0.05, 0.1) is 6.61 Å². The summed E-state index contributed by atoms with van der Waals surface area (Å²) in [6.45, 7) is 4.82. The highest BCUT2D eigenvalue weighted by Crippen LogP contribution is 2.27. The van der Waals surface area contributed by atoms with Crippen LogP contribution < -0.4 is 4.74 Å². The third-order valence-corrected chi connectivity index (χ3v) is 3.92. The van der Waals surface area contributed by atoms with Crippen molar-refractivity contribution in [1.29, 1.82) is 0 Å². The minimum atomic E-state index is 0.154. The Balaban J connectivity index is 2.31. The minimum absolute atomic E-state index is 0.154. The molecule has 3 heteroatoms. The zero-order valence-electron chi connectivity index (χ0n) is 15.2. The number of rotatable bonds is 13. The second-order valence-corrected chi connectivity index (χ2v) is 6.22. The molecule has 0 atom stereocenters. The van der Waals surface area contributed by atoms with Gasteiger partial charge in [0.25, 0.3) is 0 Å². The van der Waals surface area contributed by atoms with Crippen LogP contribution in [0.5, 0.6) is 11.5 Å². The monoisotopic (exact) mass is 332 g/mol. The van der Waals surface area contributed by atoms with Crippen molar-refractivity contribution in [2.75, 3.05) is 6.61 Å². The maximum Gasteiger partial charge on any atom is 0.161 e. The zero-order valence-corrected chi connectivity index (χ0v) is 15.2. The third kappa shape index (κ3) is 8.76. The first kappa shape index (κ1) is 20.3. The van der Waals surface area contributed by atoms with E-state index in [0.29, 0.717) is 25.2 Å². The normalized spacial score (nSPS) is 11.1. The van der Waals surface area contributed by atoms with Crippen molar-refractivity contribution in [2.45, 2.75) is 71.6 Å². The molecule has 0 aliphatic carbocycles. The quantitative estimate of drug-likeness (QED) is 0.378. The topological polar surface area (TPSA) is 46.5 Å². The van der Waals surface area contributed by atoms with Crippen molar-refractivity contribution in [3.63, 3.8) is 0 Å². The average molecular weight is 332 g/mol. The number of unbranched alkanes of at least 4 members (excludes halogenated alkanes) is 5. The number of ketones is 1. The molecule has 0 aliphatic rings. The molecule has 0 bridgehead atoms. The molecule has 0 saturated carbocycles. The van der Waals surface area contributed by atoms with Crippen molar-refractivity contribution >= 4 is 5.78 Å². The number of allylic oxidation sites excluding steroid dienone is 2. The molecule has 0 heterocycles. The molecule has 1 aromatic rings. The number of benzene rings is 1. The van der Waals surface area contributed by atoms with Crippen molar-refractivity contribution in [3.05, 3.63) is 35.9 Å². The molecule has 0 unspecified atom stereocenters. The van der Waals surface area contributed by atoms with E-state index in [4.69, 9.17) is 4.74 Å². The molecule has 1 aromatic carbocycles. The van der Waals surface area contributed by atoms with E-state index in [2.05, 4.69) is 6.92 Å². The molecule has 0 saturated heterocycles. The van der Waals surface area contributed by atoms with E-state index in [1.807, 2.05) is 25.1 Å². The number of carbonyl (C=O) groups excluding carboxylic acids is 1. The largest absolute Gasteiger partial charge is 0.504 e. The van der Waals surface area contributed by atoms with Gasteiger partial charge in [-0.05, 0) is 49.5 Å². The van der Waals surface area contributed by atoms with Crippen LogP contribution in [-0.2, 0) is 11.2 Å². The molecule has 1 N–H and O–H groups in total. The summed E-state index contributed by atoms with van der Waals surface area (Å²) < 4.78 is 5.50. The van der Waals surface area contributed by atoms with Gasteiger partial charge in [-0.15, -0.1) is 0 Å². The fourth-order valence-corrected chi connectivity index (χ4v) is 2.47. The lowest BCUT2D eigenvalue weighted by atomic mass is 10.1. The Morgan fingerprint density at radius 2 is 1.92 bits per heavy atom. The smallest absolute Gasteiger partial charge is 0.161 e. The Morgan fingerprint density at radius 1 is 1.12 bits per heavy atom. The van der Waals surface area contributed by atoms with Gasteiger partial charge in [-0.2, -0.15) is 0 Å². The predicted octanol–water partition coefficient (Wildman–Crippen LogP) is 5.60. The van der Waals surface area contributed by atoms with E-state index in [9.17, 15) is 9.90 Å². The second kappa shape index (κ2) is 12.6. The fraction of sp³-hybridized carbons (Fsp3) is 0.571. The molecule has 0 radical (unpaired) electrons. The van der Waals surface area contributed by atoms with Gasteiger partial charge in [0.15, 0.2) is 17.3 Å². The summed E-state index contributed by atoms with van der Waals surface area (Å²) in [4.78, 5) is 11.9. The van der Waals surface area contributed by atoms with E-state index in [-0.39, 0.29) is 11.5 Å². The molecule has 134 valence electrons. The minimum Gasteiger partial charge on any atom is -0.504 e. The summed E-state index contributed by atoms with van der Waals surface area (Å²) in [5, 5.41) is 9.76. The van der Waals surface area contributed by atoms with E-state index >= 15 is 0 Å². The number of phenols is 1. The molecule has 0 spiro atoms. The first-order valence-corrected chi connectivity index (χ1v) is 9.31. The Labute approximate surface area is 146 Å². The molecule has 0 amide bonds.